The highest BCUT2D eigenvalue weighted by Gasteiger charge is 2.50. The molecule has 2 aliphatic heterocycles. The second kappa shape index (κ2) is 11.5. The number of aromatic nitrogens is 3. The predicted octanol–water partition coefficient (Wildman–Crippen LogP) is 6.47. The average molecular weight is 673 g/mol. The Morgan fingerprint density at radius 3 is 2.49 bits per heavy atom. The lowest BCUT2D eigenvalue weighted by Crippen LogP contribution is -2.50. The number of aryl methyl sites for hydroxylation is 1. The van der Waals surface area contributed by atoms with Gasteiger partial charge in [-0.15, -0.1) is 11.3 Å². The molecule has 11 heteroatoms. The van der Waals surface area contributed by atoms with Crippen molar-refractivity contribution in [2.24, 2.45) is 0 Å². The quantitative estimate of drug-likeness (QED) is 0.239. The fourth-order valence-electron chi connectivity index (χ4n) is 6.94. The smallest absolute Gasteiger partial charge is 0.267 e. The van der Waals surface area contributed by atoms with E-state index in [1.807, 2.05) is 38.1 Å². The molecule has 0 amide bonds. The van der Waals surface area contributed by atoms with Gasteiger partial charge in [0.15, 0.2) is 0 Å². The molecule has 0 radical (unpaired) electrons. The first-order valence-corrected chi connectivity index (χ1v) is 18.5. The number of pyridine rings is 1. The second-order valence-electron chi connectivity index (χ2n) is 15.5. The Morgan fingerprint density at radius 2 is 1.83 bits per heavy atom. The van der Waals surface area contributed by atoms with Crippen LogP contribution in [0.25, 0.3) is 21.3 Å². The van der Waals surface area contributed by atoms with Crippen molar-refractivity contribution in [3.8, 4) is 17.2 Å². The van der Waals surface area contributed by atoms with Gasteiger partial charge in [-0.05, 0) is 94.7 Å². The van der Waals surface area contributed by atoms with Gasteiger partial charge in [0.05, 0.1) is 39.3 Å². The summed E-state index contributed by atoms with van der Waals surface area (Å²) in [5, 5.41) is 14.5. The molecule has 1 fully saturated rings. The van der Waals surface area contributed by atoms with Crippen molar-refractivity contribution < 1.29 is 8.42 Å². The second-order valence-corrected chi connectivity index (χ2v) is 19.3. The third kappa shape index (κ3) is 6.00. The standard InChI is InChI=1S/C36H44N6O3S2/c1-34(2,3)25-16-31(43)41(39-20-25)22-27-17-30-33(46-27)28(11-12-38-30)29-15-23(19-37)14-24-10-9-13-40(32(24)29)26-18-36(7,8)42(21-26)47(44,45)35(4,5)6/h11-12,14-17,20,26H,9-10,13,18,21-22H2,1-8H3. The van der Waals surface area contributed by atoms with Crippen LogP contribution in [0.1, 0.15) is 89.8 Å². The third-order valence-corrected chi connectivity index (χ3v) is 13.4. The summed E-state index contributed by atoms with van der Waals surface area (Å²) in [5.74, 6) is 0. The Bertz CT molecular complexity index is 2080. The summed E-state index contributed by atoms with van der Waals surface area (Å²) in [6.45, 7) is 17.1. The van der Waals surface area contributed by atoms with E-state index in [0.717, 1.165) is 62.4 Å². The van der Waals surface area contributed by atoms with Crippen LogP contribution in [0.3, 0.4) is 0 Å². The van der Waals surface area contributed by atoms with E-state index < -0.39 is 20.3 Å². The Balaban J connectivity index is 1.43. The van der Waals surface area contributed by atoms with Crippen molar-refractivity contribution in [2.45, 2.75) is 103 Å². The Kier molecular flexibility index (Phi) is 8.17. The SMILES string of the molecule is CC(C)(C)c1cnn(Cc2cc3nccc(-c4cc(C#N)cc5c4N(C4CN(S(=O)(=O)C(C)(C)C)C(C)(C)C4)CCC5)c3s2)c(=O)c1. The molecule has 9 nitrogen and oxygen atoms in total. The van der Waals surface area contributed by atoms with Gasteiger partial charge < -0.3 is 4.90 Å². The zero-order valence-corrected chi connectivity index (χ0v) is 30.2. The summed E-state index contributed by atoms with van der Waals surface area (Å²) in [6.07, 6.45) is 6.04. The van der Waals surface area contributed by atoms with Crippen LogP contribution < -0.4 is 10.5 Å². The van der Waals surface area contributed by atoms with Crippen LogP contribution in [-0.2, 0) is 28.4 Å². The van der Waals surface area contributed by atoms with Crippen LogP contribution in [0.4, 0.5) is 5.69 Å². The number of fused-ring (bicyclic) bond motifs is 2. The molecular formula is C36H44N6O3S2. The number of anilines is 1. The summed E-state index contributed by atoms with van der Waals surface area (Å²) in [5.41, 5.74) is 5.59. The number of thiophene rings is 1. The van der Waals surface area contributed by atoms with Crippen molar-refractivity contribution in [1.82, 2.24) is 19.1 Å². The predicted molar refractivity (Wildman–Crippen MR) is 190 cm³/mol. The van der Waals surface area contributed by atoms with E-state index in [-0.39, 0.29) is 17.0 Å². The molecule has 248 valence electrons. The van der Waals surface area contributed by atoms with E-state index in [1.54, 1.807) is 54.9 Å². The number of rotatable bonds is 5. The Labute approximate surface area is 281 Å². The number of sulfonamides is 1. The Morgan fingerprint density at radius 1 is 1.09 bits per heavy atom. The maximum Gasteiger partial charge on any atom is 0.267 e. The molecular weight excluding hydrogens is 629 g/mol. The number of nitrogens with zero attached hydrogens (tertiary/aromatic N) is 6. The molecule has 3 aromatic heterocycles. The third-order valence-electron chi connectivity index (χ3n) is 9.54. The van der Waals surface area contributed by atoms with Crippen molar-refractivity contribution in [1.29, 1.82) is 5.26 Å². The van der Waals surface area contributed by atoms with E-state index >= 15 is 0 Å². The summed E-state index contributed by atoms with van der Waals surface area (Å²) in [4.78, 5) is 21.0. The summed E-state index contributed by atoms with van der Waals surface area (Å²) >= 11 is 1.58. The van der Waals surface area contributed by atoms with Gasteiger partial charge in [-0.25, -0.2) is 13.1 Å². The molecule has 5 heterocycles. The molecule has 2 aliphatic rings. The molecule has 4 aromatic rings. The van der Waals surface area contributed by atoms with Crippen LogP contribution in [0.5, 0.6) is 0 Å². The summed E-state index contributed by atoms with van der Waals surface area (Å²) in [7, 11) is -3.54. The molecule has 1 atom stereocenters. The molecule has 0 aliphatic carbocycles. The highest BCUT2D eigenvalue weighted by molar-refractivity contribution is 7.90. The zero-order valence-electron chi connectivity index (χ0n) is 28.6. The van der Waals surface area contributed by atoms with Gasteiger partial charge in [-0.1, -0.05) is 20.8 Å². The van der Waals surface area contributed by atoms with Gasteiger partial charge in [0.1, 0.15) is 0 Å². The molecule has 1 aromatic carbocycles. The molecule has 0 spiro atoms. The molecule has 0 bridgehead atoms. The first kappa shape index (κ1) is 33.3. The fraction of sp³-hybridized carbons (Fsp3) is 0.500. The number of nitriles is 1. The summed E-state index contributed by atoms with van der Waals surface area (Å²) < 4.78 is 30.7. The minimum atomic E-state index is -3.54. The van der Waals surface area contributed by atoms with Gasteiger partial charge in [-0.3, -0.25) is 9.78 Å². The average Bonchev–Trinajstić information content (AvgIpc) is 3.55. The van der Waals surface area contributed by atoms with Crippen molar-refractivity contribution in [2.75, 3.05) is 18.0 Å². The van der Waals surface area contributed by atoms with E-state index in [2.05, 4.69) is 41.8 Å². The minimum Gasteiger partial charge on any atom is -0.366 e. The van der Waals surface area contributed by atoms with E-state index in [4.69, 9.17) is 0 Å². The van der Waals surface area contributed by atoms with Crippen LogP contribution >= 0.6 is 11.3 Å². The first-order valence-electron chi connectivity index (χ1n) is 16.2. The minimum absolute atomic E-state index is 0.0156. The van der Waals surface area contributed by atoms with Crippen molar-refractivity contribution >= 4 is 37.3 Å². The van der Waals surface area contributed by atoms with Gasteiger partial charge in [0, 0.05) is 58.6 Å². The van der Waals surface area contributed by atoms with Gasteiger partial charge in [0.25, 0.3) is 5.56 Å². The van der Waals surface area contributed by atoms with Crippen LogP contribution in [0.2, 0.25) is 0 Å². The maximum absolute atomic E-state index is 13.7. The molecule has 1 saturated heterocycles. The van der Waals surface area contributed by atoms with Crippen molar-refractivity contribution in [3.63, 3.8) is 0 Å². The number of hydrogen-bond donors (Lipinski definition) is 0. The molecule has 6 rings (SSSR count). The molecule has 47 heavy (non-hydrogen) atoms. The number of benzene rings is 1. The highest BCUT2D eigenvalue weighted by atomic mass is 32.2. The first-order chi connectivity index (χ1) is 21.9. The van der Waals surface area contributed by atoms with Crippen molar-refractivity contribution in [3.05, 3.63) is 74.6 Å². The van der Waals surface area contributed by atoms with Gasteiger partial charge in [0.2, 0.25) is 10.0 Å². The van der Waals surface area contributed by atoms with Gasteiger partial charge >= 0.3 is 0 Å². The van der Waals surface area contributed by atoms with E-state index in [9.17, 15) is 18.5 Å². The Hall–Kier alpha value is -3.59. The topological polar surface area (TPSA) is 112 Å². The molecule has 1 unspecified atom stereocenters. The molecule has 0 N–H and O–H groups in total. The maximum atomic E-state index is 13.7. The number of hydrogen-bond acceptors (Lipinski definition) is 8. The van der Waals surface area contributed by atoms with Crippen LogP contribution in [-0.4, -0.2) is 56.9 Å². The summed E-state index contributed by atoms with van der Waals surface area (Å²) in [6, 6.07) is 12.0. The van der Waals surface area contributed by atoms with Gasteiger partial charge in [-0.2, -0.15) is 14.7 Å². The lowest BCUT2D eigenvalue weighted by Gasteiger charge is -2.38. The lowest BCUT2D eigenvalue weighted by atomic mass is 9.89. The molecule has 0 saturated carbocycles. The van der Waals surface area contributed by atoms with Crippen LogP contribution in [0, 0.1) is 11.3 Å². The lowest BCUT2D eigenvalue weighted by molar-refractivity contribution is 0.284. The van der Waals surface area contributed by atoms with Crippen LogP contribution in [0.15, 0.2) is 47.5 Å². The monoisotopic (exact) mass is 672 g/mol. The highest BCUT2D eigenvalue weighted by Crippen LogP contribution is 2.46. The normalized spacial score (nSPS) is 18.8. The largest absolute Gasteiger partial charge is 0.366 e. The van der Waals surface area contributed by atoms with E-state index in [1.165, 1.54) is 4.68 Å². The zero-order chi connectivity index (χ0) is 34.1. The van der Waals surface area contributed by atoms with E-state index in [0.29, 0.717) is 25.1 Å². The fourth-order valence-corrected chi connectivity index (χ4v) is 9.82.